The Labute approximate surface area is 445 Å². The Kier molecular flexibility index (Phi) is 47.8. The van der Waals surface area contributed by atoms with Crippen LogP contribution in [0.5, 0.6) is 0 Å². The molecule has 6 N–H and O–H groups in total. The highest BCUT2D eigenvalue weighted by atomic mass is 16.7. The first-order valence-electron chi connectivity index (χ1n) is 29.7. The minimum atomic E-state index is -1.58. The molecule has 1 aliphatic heterocycles. The van der Waals surface area contributed by atoms with Gasteiger partial charge in [0.2, 0.25) is 5.91 Å². The highest BCUT2D eigenvalue weighted by Crippen LogP contribution is 2.23. The molecule has 11 heteroatoms. The van der Waals surface area contributed by atoms with Gasteiger partial charge in [0.25, 0.3) is 0 Å². The summed E-state index contributed by atoms with van der Waals surface area (Å²) in [6.45, 7) is 4.02. The first kappa shape index (κ1) is 68.1. The van der Waals surface area contributed by atoms with Crippen LogP contribution in [0.2, 0.25) is 0 Å². The van der Waals surface area contributed by atoms with Gasteiger partial charge >= 0.3 is 5.97 Å². The second kappa shape index (κ2) is 51.2. The minimum absolute atomic E-state index is 0.0192. The van der Waals surface area contributed by atoms with Crippen LogP contribution in [0, 0.1) is 0 Å². The van der Waals surface area contributed by atoms with Crippen molar-refractivity contribution in [3.63, 3.8) is 0 Å². The largest absolute Gasteiger partial charge is 0.466 e. The molecule has 11 nitrogen and oxygen atoms in total. The van der Waals surface area contributed by atoms with Crippen molar-refractivity contribution in [3.8, 4) is 0 Å². The number of aliphatic hydroxyl groups excluding tert-OH is 5. The smallest absolute Gasteiger partial charge is 0.305 e. The quantitative estimate of drug-likeness (QED) is 0.0195. The zero-order chi connectivity index (χ0) is 53.1. The van der Waals surface area contributed by atoms with Crippen LogP contribution in [0.15, 0.2) is 72.9 Å². The Bertz CT molecular complexity index is 1440. The number of amides is 1. The number of nitrogens with one attached hydrogen (secondary N) is 1. The lowest BCUT2D eigenvalue weighted by atomic mass is 9.99. The molecule has 0 saturated carbocycles. The number of aliphatic hydroxyl groups is 5. The molecular formula is C62H109NO10. The molecule has 7 atom stereocenters. The van der Waals surface area contributed by atoms with E-state index >= 15 is 0 Å². The standard InChI is InChI=1S/C62H109NO10/c1-3-5-7-9-11-13-14-15-27-30-34-38-42-46-50-58(67)71-51-47-43-39-35-31-28-25-23-21-19-17-16-18-20-22-24-26-29-33-37-41-45-49-57(66)63-54(55(65)48-44-40-36-32-12-10-8-6-4-2)53-72-62-61(70)60(69)59(68)56(52-64)73-62/h4,6,9,11-12,14-15,18,20,32,44,48,54-56,59-62,64-65,68-70H,3,5,7-8,10,13,16-17,19,21-31,33-43,45-47,49-53H2,1-2H3,(H,63,66)/b6-4+,11-9-,15-14-,20-18-,32-12+,48-44+. The van der Waals surface area contributed by atoms with Gasteiger partial charge in [-0.1, -0.05) is 202 Å². The first-order chi connectivity index (χ1) is 35.7. The Balaban J connectivity index is 2.02. The summed E-state index contributed by atoms with van der Waals surface area (Å²) >= 11 is 0. The summed E-state index contributed by atoms with van der Waals surface area (Å²) in [5.41, 5.74) is 0. The molecule has 1 heterocycles. The Morgan fingerprint density at radius 1 is 0.534 bits per heavy atom. The summed E-state index contributed by atoms with van der Waals surface area (Å²) in [4.78, 5) is 25.0. The van der Waals surface area contributed by atoms with Gasteiger partial charge in [0.1, 0.15) is 24.4 Å². The van der Waals surface area contributed by atoms with Gasteiger partial charge in [0.15, 0.2) is 6.29 Å². The Morgan fingerprint density at radius 3 is 1.52 bits per heavy atom. The van der Waals surface area contributed by atoms with Gasteiger partial charge < -0.3 is 45.1 Å². The predicted molar refractivity (Wildman–Crippen MR) is 301 cm³/mol. The number of carbonyl (C=O) groups is 2. The van der Waals surface area contributed by atoms with Crippen molar-refractivity contribution in [3.05, 3.63) is 72.9 Å². The summed E-state index contributed by atoms with van der Waals surface area (Å²) in [6, 6.07) is -0.840. The molecule has 0 aromatic rings. The molecule has 0 aliphatic carbocycles. The molecule has 7 unspecified atom stereocenters. The van der Waals surface area contributed by atoms with E-state index in [0.29, 0.717) is 25.9 Å². The van der Waals surface area contributed by atoms with Gasteiger partial charge in [-0.25, -0.2) is 0 Å². The van der Waals surface area contributed by atoms with Crippen molar-refractivity contribution in [2.45, 2.75) is 288 Å². The van der Waals surface area contributed by atoms with Crippen LogP contribution in [-0.2, 0) is 23.8 Å². The van der Waals surface area contributed by atoms with E-state index in [0.717, 1.165) is 89.9 Å². The van der Waals surface area contributed by atoms with Crippen molar-refractivity contribution < 1.29 is 49.3 Å². The maximum atomic E-state index is 13.0. The lowest BCUT2D eigenvalue weighted by Gasteiger charge is -2.40. The Hall–Kier alpha value is -2.90. The second-order valence-corrected chi connectivity index (χ2v) is 20.3. The van der Waals surface area contributed by atoms with Crippen LogP contribution in [0.4, 0.5) is 0 Å². The fourth-order valence-corrected chi connectivity index (χ4v) is 8.84. The van der Waals surface area contributed by atoms with E-state index in [1.54, 1.807) is 6.08 Å². The molecule has 1 rings (SSSR count). The fraction of sp³-hybridized carbons (Fsp3) is 0.774. The maximum absolute atomic E-state index is 13.0. The van der Waals surface area contributed by atoms with Gasteiger partial charge in [-0.3, -0.25) is 9.59 Å². The number of hydrogen-bond donors (Lipinski definition) is 6. The van der Waals surface area contributed by atoms with E-state index in [2.05, 4.69) is 66.9 Å². The third-order valence-corrected chi connectivity index (χ3v) is 13.6. The molecule has 0 aromatic heterocycles. The molecule has 73 heavy (non-hydrogen) atoms. The van der Waals surface area contributed by atoms with Gasteiger partial charge in [-0.2, -0.15) is 0 Å². The number of ether oxygens (including phenoxy) is 3. The van der Waals surface area contributed by atoms with Crippen LogP contribution >= 0.6 is 0 Å². The molecule has 0 spiro atoms. The summed E-state index contributed by atoms with van der Waals surface area (Å²) in [5, 5.41) is 54.1. The van der Waals surface area contributed by atoms with Crippen molar-refractivity contribution in [1.29, 1.82) is 0 Å². The van der Waals surface area contributed by atoms with Gasteiger partial charge in [-0.05, 0) is 103 Å². The molecule has 1 saturated heterocycles. The minimum Gasteiger partial charge on any atom is -0.466 e. The lowest BCUT2D eigenvalue weighted by molar-refractivity contribution is -0.302. The Morgan fingerprint density at radius 2 is 0.986 bits per heavy atom. The average Bonchev–Trinajstić information content (AvgIpc) is 3.39. The second-order valence-electron chi connectivity index (χ2n) is 20.3. The molecule has 1 fully saturated rings. The maximum Gasteiger partial charge on any atom is 0.305 e. The summed E-state index contributed by atoms with van der Waals surface area (Å²) < 4.78 is 16.6. The van der Waals surface area contributed by atoms with Crippen molar-refractivity contribution in [1.82, 2.24) is 5.32 Å². The van der Waals surface area contributed by atoms with Gasteiger partial charge in [-0.15, -0.1) is 0 Å². The highest BCUT2D eigenvalue weighted by molar-refractivity contribution is 5.76. The number of esters is 1. The van der Waals surface area contributed by atoms with Crippen LogP contribution < -0.4 is 5.32 Å². The van der Waals surface area contributed by atoms with Crippen molar-refractivity contribution in [2.24, 2.45) is 0 Å². The molecule has 0 bridgehead atoms. The average molecular weight is 1030 g/mol. The van der Waals surface area contributed by atoms with Gasteiger partial charge in [0, 0.05) is 12.8 Å². The molecule has 1 amide bonds. The highest BCUT2D eigenvalue weighted by Gasteiger charge is 2.44. The zero-order valence-corrected chi connectivity index (χ0v) is 46.3. The lowest BCUT2D eigenvalue weighted by Crippen LogP contribution is -2.60. The SMILES string of the molecule is C/C=C/CC/C=C/CC/C=C/C(O)C(COC1OC(CO)C(O)C(O)C1O)NC(=O)CCCCCCCCC/C=C\CCCCCCCCCCCCCOC(=O)CCCCCCC/C=C\C/C=C\CCCC. The molecule has 1 aliphatic rings. The first-order valence-corrected chi connectivity index (χ1v) is 29.7. The van der Waals surface area contributed by atoms with Crippen LogP contribution in [0.25, 0.3) is 0 Å². The zero-order valence-electron chi connectivity index (χ0n) is 46.3. The topological polar surface area (TPSA) is 175 Å². The number of rotatable bonds is 50. The molecular weight excluding hydrogens is 919 g/mol. The third-order valence-electron chi connectivity index (χ3n) is 13.6. The van der Waals surface area contributed by atoms with Gasteiger partial charge in [0.05, 0.1) is 32.0 Å². The molecule has 0 radical (unpaired) electrons. The number of unbranched alkanes of at least 4 members (excludes halogenated alkanes) is 27. The van der Waals surface area contributed by atoms with E-state index in [9.17, 15) is 35.1 Å². The fourth-order valence-electron chi connectivity index (χ4n) is 8.84. The predicted octanol–water partition coefficient (Wildman–Crippen LogP) is 13.6. The summed E-state index contributed by atoms with van der Waals surface area (Å²) in [7, 11) is 0. The van der Waals surface area contributed by atoms with Crippen molar-refractivity contribution in [2.75, 3.05) is 19.8 Å². The van der Waals surface area contributed by atoms with E-state index < -0.39 is 49.5 Å². The van der Waals surface area contributed by atoms with Crippen LogP contribution in [-0.4, -0.2) is 100 Å². The van der Waals surface area contributed by atoms with E-state index in [1.807, 2.05) is 19.1 Å². The van der Waals surface area contributed by atoms with Crippen molar-refractivity contribution >= 4 is 11.9 Å². The van der Waals surface area contributed by atoms with Crippen LogP contribution in [0.3, 0.4) is 0 Å². The van der Waals surface area contributed by atoms with E-state index in [1.165, 1.54) is 122 Å². The number of carbonyl (C=O) groups excluding carboxylic acids is 2. The van der Waals surface area contributed by atoms with Crippen LogP contribution in [0.1, 0.15) is 245 Å². The summed E-state index contributed by atoms with van der Waals surface area (Å²) in [6.07, 6.45) is 57.4. The van der Waals surface area contributed by atoms with E-state index in [4.69, 9.17) is 14.2 Å². The van der Waals surface area contributed by atoms with E-state index in [-0.39, 0.29) is 18.5 Å². The molecule has 0 aromatic carbocycles. The monoisotopic (exact) mass is 1030 g/mol. The normalized spacial score (nSPS) is 19.5. The summed E-state index contributed by atoms with van der Waals surface area (Å²) in [5.74, 6) is -0.228. The number of hydrogen-bond acceptors (Lipinski definition) is 10. The molecule has 422 valence electrons. The number of allylic oxidation sites excluding steroid dienone is 11. The third kappa shape index (κ3) is 41.0.